The van der Waals surface area contributed by atoms with Gasteiger partial charge in [-0.15, -0.1) is 0 Å². The molecule has 0 aliphatic heterocycles. The zero-order valence-electron chi connectivity index (χ0n) is 9.77. The van der Waals surface area contributed by atoms with E-state index in [0.717, 1.165) is 31.0 Å². The van der Waals surface area contributed by atoms with Crippen LogP contribution in [0.3, 0.4) is 0 Å². The number of anilines is 1. The lowest BCUT2D eigenvalue weighted by molar-refractivity contribution is -0.137. The summed E-state index contributed by atoms with van der Waals surface area (Å²) in [6.07, 6.45) is -2.51. The van der Waals surface area contributed by atoms with Crippen molar-refractivity contribution < 1.29 is 18.0 Å². The molecule has 0 bridgehead atoms. The third-order valence-electron chi connectivity index (χ3n) is 2.33. The van der Waals surface area contributed by atoms with E-state index in [4.69, 9.17) is 11.6 Å². The lowest BCUT2D eigenvalue weighted by Crippen LogP contribution is -2.12. The zero-order valence-corrected chi connectivity index (χ0v) is 10.5. The number of halogens is 4. The summed E-state index contributed by atoms with van der Waals surface area (Å²) in [5, 5.41) is 2.37. The Labute approximate surface area is 108 Å². The number of unbranched alkanes of at least 4 members (excludes halogenated alkanes) is 1. The van der Waals surface area contributed by atoms with Crippen molar-refractivity contribution in [1.82, 2.24) is 0 Å². The quantitative estimate of drug-likeness (QED) is 0.864. The van der Waals surface area contributed by atoms with E-state index >= 15 is 0 Å². The topological polar surface area (TPSA) is 29.1 Å². The normalized spacial score (nSPS) is 11.4. The van der Waals surface area contributed by atoms with Gasteiger partial charge in [-0.2, -0.15) is 13.2 Å². The predicted molar refractivity (Wildman–Crippen MR) is 64.6 cm³/mol. The second kappa shape index (κ2) is 6.09. The molecule has 0 fully saturated rings. The predicted octanol–water partition coefficient (Wildman–Crippen LogP) is 4.49. The first-order chi connectivity index (χ1) is 8.34. The van der Waals surface area contributed by atoms with Crippen LogP contribution in [-0.4, -0.2) is 5.91 Å². The van der Waals surface area contributed by atoms with Crippen molar-refractivity contribution in [3.8, 4) is 0 Å². The Kier molecular flexibility index (Phi) is 5.02. The third-order valence-corrected chi connectivity index (χ3v) is 2.64. The molecule has 6 heteroatoms. The number of amides is 1. The number of carbonyl (C=O) groups is 1. The lowest BCUT2D eigenvalue weighted by atomic mass is 10.2. The molecule has 0 heterocycles. The Bertz CT molecular complexity index is 432. The van der Waals surface area contributed by atoms with Gasteiger partial charge >= 0.3 is 6.18 Å². The monoisotopic (exact) mass is 279 g/mol. The minimum atomic E-state index is -4.44. The second-order valence-electron chi connectivity index (χ2n) is 3.84. The van der Waals surface area contributed by atoms with Crippen LogP contribution in [0.15, 0.2) is 18.2 Å². The average molecular weight is 280 g/mol. The van der Waals surface area contributed by atoms with E-state index in [1.807, 2.05) is 6.92 Å². The Morgan fingerprint density at radius 1 is 1.39 bits per heavy atom. The molecule has 0 saturated heterocycles. The summed E-state index contributed by atoms with van der Waals surface area (Å²) in [6.45, 7) is 1.94. The van der Waals surface area contributed by atoms with Gasteiger partial charge in [0.25, 0.3) is 0 Å². The van der Waals surface area contributed by atoms with Crippen molar-refractivity contribution in [2.75, 3.05) is 5.32 Å². The van der Waals surface area contributed by atoms with E-state index in [2.05, 4.69) is 5.32 Å². The zero-order chi connectivity index (χ0) is 13.8. The molecule has 0 spiro atoms. The summed E-state index contributed by atoms with van der Waals surface area (Å²) in [5.74, 6) is -0.251. The summed E-state index contributed by atoms with van der Waals surface area (Å²) in [7, 11) is 0. The summed E-state index contributed by atoms with van der Waals surface area (Å²) in [5.41, 5.74) is -0.634. The maximum Gasteiger partial charge on any atom is 0.416 e. The van der Waals surface area contributed by atoms with Gasteiger partial charge < -0.3 is 5.32 Å². The standard InChI is InChI=1S/C12H13ClF3NO/c1-2-3-4-11(18)17-10-6-5-8(7-9(10)13)12(14,15)16/h5-7H,2-4H2,1H3,(H,17,18). The number of alkyl halides is 3. The number of hydrogen-bond donors (Lipinski definition) is 1. The van der Waals surface area contributed by atoms with Crippen molar-refractivity contribution in [1.29, 1.82) is 0 Å². The number of carbonyl (C=O) groups excluding carboxylic acids is 1. The molecule has 1 rings (SSSR count). The van der Waals surface area contributed by atoms with E-state index in [1.165, 1.54) is 0 Å². The van der Waals surface area contributed by atoms with Gasteiger partial charge in [-0.25, -0.2) is 0 Å². The number of rotatable bonds is 4. The number of benzene rings is 1. The van der Waals surface area contributed by atoms with Gasteiger partial charge in [0.15, 0.2) is 0 Å². The largest absolute Gasteiger partial charge is 0.416 e. The molecule has 100 valence electrons. The van der Waals surface area contributed by atoms with Crippen molar-refractivity contribution in [3.63, 3.8) is 0 Å². The van der Waals surface area contributed by atoms with Crippen LogP contribution in [0.25, 0.3) is 0 Å². The molecule has 2 nitrogen and oxygen atoms in total. The fraction of sp³-hybridized carbons (Fsp3) is 0.417. The van der Waals surface area contributed by atoms with Crippen LogP contribution < -0.4 is 5.32 Å². The van der Waals surface area contributed by atoms with Crippen molar-refractivity contribution in [2.24, 2.45) is 0 Å². The molecule has 0 aliphatic carbocycles. The molecule has 0 atom stereocenters. The highest BCUT2D eigenvalue weighted by molar-refractivity contribution is 6.33. The fourth-order valence-electron chi connectivity index (χ4n) is 1.34. The van der Waals surface area contributed by atoms with Crippen molar-refractivity contribution in [2.45, 2.75) is 32.4 Å². The summed E-state index contributed by atoms with van der Waals surface area (Å²) >= 11 is 5.70. The molecule has 0 aromatic heterocycles. The highest BCUT2D eigenvalue weighted by Crippen LogP contribution is 2.33. The molecule has 1 aromatic rings. The van der Waals surface area contributed by atoms with Gasteiger partial charge in [0, 0.05) is 6.42 Å². The Morgan fingerprint density at radius 3 is 2.56 bits per heavy atom. The minimum absolute atomic E-state index is 0.116. The van der Waals surface area contributed by atoms with Crippen LogP contribution in [0.1, 0.15) is 31.7 Å². The molecule has 0 aliphatic rings. The van der Waals surface area contributed by atoms with Crippen LogP contribution in [0, 0.1) is 0 Å². The van der Waals surface area contributed by atoms with Crippen LogP contribution in [0.2, 0.25) is 5.02 Å². The molecule has 18 heavy (non-hydrogen) atoms. The molecule has 0 radical (unpaired) electrons. The van der Waals surface area contributed by atoms with Gasteiger partial charge in [0.1, 0.15) is 0 Å². The summed E-state index contributed by atoms with van der Waals surface area (Å²) < 4.78 is 37.1. The highest BCUT2D eigenvalue weighted by Gasteiger charge is 2.30. The lowest BCUT2D eigenvalue weighted by Gasteiger charge is -2.10. The Hall–Kier alpha value is -1.23. The van der Waals surface area contributed by atoms with Gasteiger partial charge in [-0.1, -0.05) is 24.9 Å². The van der Waals surface area contributed by atoms with Gasteiger partial charge in [0.05, 0.1) is 16.3 Å². The second-order valence-corrected chi connectivity index (χ2v) is 4.25. The van der Waals surface area contributed by atoms with Crippen LogP contribution in [0.4, 0.5) is 18.9 Å². The van der Waals surface area contributed by atoms with E-state index in [9.17, 15) is 18.0 Å². The van der Waals surface area contributed by atoms with E-state index in [1.54, 1.807) is 0 Å². The van der Waals surface area contributed by atoms with E-state index < -0.39 is 11.7 Å². The van der Waals surface area contributed by atoms with E-state index in [0.29, 0.717) is 6.42 Å². The summed E-state index contributed by atoms with van der Waals surface area (Å²) in [4.78, 5) is 11.4. The van der Waals surface area contributed by atoms with Crippen molar-refractivity contribution >= 4 is 23.2 Å². The SMILES string of the molecule is CCCCC(=O)Nc1ccc(C(F)(F)F)cc1Cl. The molecule has 1 N–H and O–H groups in total. The fourth-order valence-corrected chi connectivity index (χ4v) is 1.57. The molecular weight excluding hydrogens is 267 g/mol. The maximum absolute atomic E-state index is 12.4. The smallest absolute Gasteiger partial charge is 0.325 e. The van der Waals surface area contributed by atoms with Crippen molar-refractivity contribution in [3.05, 3.63) is 28.8 Å². The molecular formula is C12H13ClF3NO. The minimum Gasteiger partial charge on any atom is -0.325 e. The van der Waals surface area contributed by atoms with Gasteiger partial charge in [0.2, 0.25) is 5.91 Å². The third kappa shape index (κ3) is 4.22. The maximum atomic E-state index is 12.4. The molecule has 1 amide bonds. The first-order valence-electron chi connectivity index (χ1n) is 5.51. The van der Waals surface area contributed by atoms with Gasteiger partial charge in [-0.3, -0.25) is 4.79 Å². The van der Waals surface area contributed by atoms with Crippen LogP contribution >= 0.6 is 11.6 Å². The highest BCUT2D eigenvalue weighted by atomic mass is 35.5. The molecule has 0 saturated carbocycles. The number of nitrogens with one attached hydrogen (secondary N) is 1. The number of hydrogen-bond acceptors (Lipinski definition) is 1. The first-order valence-corrected chi connectivity index (χ1v) is 5.89. The molecule has 0 unspecified atom stereocenters. The van der Waals surface area contributed by atoms with Crippen LogP contribution in [-0.2, 0) is 11.0 Å². The average Bonchev–Trinajstić information content (AvgIpc) is 2.27. The van der Waals surface area contributed by atoms with E-state index in [-0.39, 0.29) is 16.6 Å². The van der Waals surface area contributed by atoms with Gasteiger partial charge in [-0.05, 0) is 24.6 Å². The van der Waals surface area contributed by atoms with Crippen LogP contribution in [0.5, 0.6) is 0 Å². The molecule has 1 aromatic carbocycles. The first kappa shape index (κ1) is 14.8. The Morgan fingerprint density at radius 2 is 2.06 bits per heavy atom. The Balaban J connectivity index is 2.77. The summed E-state index contributed by atoms with van der Waals surface area (Å²) in [6, 6.07) is 2.85.